The lowest BCUT2D eigenvalue weighted by Crippen LogP contribution is -2.26. The molecule has 0 aliphatic carbocycles. The Morgan fingerprint density at radius 1 is 1.41 bits per heavy atom. The van der Waals surface area contributed by atoms with Gasteiger partial charge in [-0.2, -0.15) is 0 Å². The Morgan fingerprint density at radius 3 is 2.82 bits per heavy atom. The fraction of sp³-hybridized carbons (Fsp3) is 0.600. The van der Waals surface area contributed by atoms with Gasteiger partial charge in [-0.25, -0.2) is 23.1 Å². The van der Waals surface area contributed by atoms with Crippen molar-refractivity contribution in [3.63, 3.8) is 0 Å². The lowest BCUT2D eigenvalue weighted by Gasteiger charge is -2.06. The fourth-order valence-corrected chi connectivity index (χ4v) is 2.39. The summed E-state index contributed by atoms with van der Waals surface area (Å²) >= 11 is 0. The molecule has 17 heavy (non-hydrogen) atoms. The van der Waals surface area contributed by atoms with Crippen LogP contribution in [0.25, 0.3) is 0 Å². The number of aromatic nitrogens is 2. The van der Waals surface area contributed by atoms with Crippen LogP contribution in [0.5, 0.6) is 0 Å². The molecule has 1 aromatic heterocycles. The lowest BCUT2D eigenvalue weighted by atomic mass is 10.3. The van der Waals surface area contributed by atoms with Crippen LogP contribution >= 0.6 is 0 Å². The van der Waals surface area contributed by atoms with Crippen LogP contribution in [0.1, 0.15) is 24.4 Å². The highest BCUT2D eigenvalue weighted by Gasteiger charge is 2.09. The lowest BCUT2D eigenvalue weighted by molar-refractivity contribution is 0.576. The van der Waals surface area contributed by atoms with E-state index in [9.17, 15) is 8.42 Å². The number of nitrogens with two attached hydrogens (primary N) is 1. The number of sulfonamides is 1. The molecule has 0 aliphatic heterocycles. The third kappa shape index (κ3) is 5.71. The smallest absolute Gasteiger partial charge is 0.211 e. The fourth-order valence-electron chi connectivity index (χ4n) is 1.30. The van der Waals surface area contributed by atoms with Gasteiger partial charge in [-0.1, -0.05) is 0 Å². The molecule has 96 valence electrons. The van der Waals surface area contributed by atoms with E-state index in [1.54, 1.807) is 19.2 Å². The summed E-state index contributed by atoms with van der Waals surface area (Å²) in [6.45, 7) is 2.48. The van der Waals surface area contributed by atoms with Gasteiger partial charge < -0.3 is 5.73 Å². The number of unbranched alkanes of at least 4 members (excludes halogenated alkanes) is 1. The van der Waals surface area contributed by atoms with Crippen LogP contribution in [-0.2, 0) is 16.6 Å². The maximum absolute atomic E-state index is 11.6. The molecule has 1 heterocycles. The maximum atomic E-state index is 11.6. The molecule has 0 amide bonds. The Labute approximate surface area is 102 Å². The molecule has 1 aromatic rings. The Kier molecular flexibility index (Phi) is 5.46. The van der Waals surface area contributed by atoms with Crippen molar-refractivity contribution in [1.82, 2.24) is 14.7 Å². The quantitative estimate of drug-likeness (QED) is 0.668. The summed E-state index contributed by atoms with van der Waals surface area (Å²) in [7, 11) is -3.23. The summed E-state index contributed by atoms with van der Waals surface area (Å²) in [5, 5.41) is 0. The summed E-state index contributed by atoms with van der Waals surface area (Å²) in [6.07, 6.45) is 2.91. The van der Waals surface area contributed by atoms with Crippen LogP contribution < -0.4 is 10.5 Å². The number of rotatable bonds is 7. The second-order valence-corrected chi connectivity index (χ2v) is 5.66. The number of nitrogens with one attached hydrogen (secondary N) is 1. The first-order valence-electron chi connectivity index (χ1n) is 5.49. The van der Waals surface area contributed by atoms with Gasteiger partial charge in [0, 0.05) is 6.20 Å². The SMILES string of the molecule is Cc1nccc(CNS(=O)(=O)CCCCN)n1. The minimum atomic E-state index is -3.23. The minimum absolute atomic E-state index is 0.105. The van der Waals surface area contributed by atoms with Crippen molar-refractivity contribution in [3.05, 3.63) is 23.8 Å². The van der Waals surface area contributed by atoms with E-state index in [1.807, 2.05) is 0 Å². The van der Waals surface area contributed by atoms with Gasteiger partial charge in [0.25, 0.3) is 0 Å². The monoisotopic (exact) mass is 258 g/mol. The molecule has 0 radical (unpaired) electrons. The van der Waals surface area contributed by atoms with E-state index in [0.717, 1.165) is 0 Å². The zero-order chi connectivity index (χ0) is 12.7. The first kappa shape index (κ1) is 14.0. The molecule has 0 atom stereocenters. The molecule has 0 aromatic carbocycles. The van der Waals surface area contributed by atoms with E-state index in [4.69, 9.17) is 5.73 Å². The van der Waals surface area contributed by atoms with Crippen molar-refractivity contribution in [1.29, 1.82) is 0 Å². The summed E-state index contributed by atoms with van der Waals surface area (Å²) in [5.74, 6) is 0.735. The van der Waals surface area contributed by atoms with Crippen LogP contribution in [0.2, 0.25) is 0 Å². The standard InChI is InChI=1S/C10H18N4O2S/c1-9-12-6-4-10(14-9)8-13-17(15,16)7-3-2-5-11/h4,6,13H,2-3,5,7-8,11H2,1H3. The first-order chi connectivity index (χ1) is 8.03. The highest BCUT2D eigenvalue weighted by atomic mass is 32.2. The summed E-state index contributed by atoms with van der Waals surface area (Å²) in [4.78, 5) is 8.06. The molecule has 7 heteroatoms. The van der Waals surface area contributed by atoms with Crippen molar-refractivity contribution in [2.24, 2.45) is 5.73 Å². The molecule has 0 bridgehead atoms. The topological polar surface area (TPSA) is 98.0 Å². The van der Waals surface area contributed by atoms with E-state index < -0.39 is 10.0 Å². The molecule has 1 rings (SSSR count). The molecule has 0 spiro atoms. The van der Waals surface area contributed by atoms with Gasteiger partial charge in [0.05, 0.1) is 18.0 Å². The van der Waals surface area contributed by atoms with E-state index in [1.165, 1.54) is 0 Å². The van der Waals surface area contributed by atoms with Crippen LogP contribution in [0.3, 0.4) is 0 Å². The predicted octanol–water partition coefficient (Wildman–Crippen LogP) is -0.0567. The highest BCUT2D eigenvalue weighted by Crippen LogP contribution is 1.98. The van der Waals surface area contributed by atoms with Gasteiger partial charge in [0.2, 0.25) is 10.0 Å². The Hall–Kier alpha value is -1.05. The number of hydrogen-bond donors (Lipinski definition) is 2. The number of aryl methyl sites for hydroxylation is 1. The van der Waals surface area contributed by atoms with Crippen LogP contribution in [0, 0.1) is 6.92 Å². The van der Waals surface area contributed by atoms with Gasteiger partial charge in [-0.15, -0.1) is 0 Å². The predicted molar refractivity (Wildman–Crippen MR) is 65.7 cm³/mol. The van der Waals surface area contributed by atoms with Crippen molar-refractivity contribution >= 4 is 10.0 Å². The Balaban J connectivity index is 2.44. The number of hydrogen-bond acceptors (Lipinski definition) is 5. The molecule has 3 N–H and O–H groups in total. The molecule has 0 unspecified atom stereocenters. The van der Waals surface area contributed by atoms with E-state index >= 15 is 0 Å². The summed E-state index contributed by atoms with van der Waals surface area (Å²) < 4.78 is 25.6. The van der Waals surface area contributed by atoms with E-state index in [-0.39, 0.29) is 12.3 Å². The summed E-state index contributed by atoms with van der Waals surface area (Å²) in [6, 6.07) is 1.69. The van der Waals surface area contributed by atoms with Crippen molar-refractivity contribution in [2.75, 3.05) is 12.3 Å². The van der Waals surface area contributed by atoms with Gasteiger partial charge in [0.1, 0.15) is 5.82 Å². The third-order valence-electron chi connectivity index (χ3n) is 2.17. The van der Waals surface area contributed by atoms with Gasteiger partial charge in [-0.05, 0) is 32.4 Å². The van der Waals surface area contributed by atoms with E-state index in [2.05, 4.69) is 14.7 Å². The largest absolute Gasteiger partial charge is 0.330 e. The third-order valence-corrected chi connectivity index (χ3v) is 3.58. The Morgan fingerprint density at radius 2 is 2.18 bits per heavy atom. The molecular weight excluding hydrogens is 240 g/mol. The maximum Gasteiger partial charge on any atom is 0.211 e. The van der Waals surface area contributed by atoms with Crippen LogP contribution in [0.15, 0.2) is 12.3 Å². The summed E-state index contributed by atoms with van der Waals surface area (Å²) in [5.41, 5.74) is 5.97. The second kappa shape index (κ2) is 6.63. The second-order valence-electron chi connectivity index (χ2n) is 3.73. The zero-order valence-electron chi connectivity index (χ0n) is 9.89. The molecule has 0 fully saturated rings. The van der Waals surface area contributed by atoms with Crippen LogP contribution in [0.4, 0.5) is 0 Å². The highest BCUT2D eigenvalue weighted by molar-refractivity contribution is 7.89. The first-order valence-corrected chi connectivity index (χ1v) is 7.14. The van der Waals surface area contributed by atoms with Gasteiger partial charge >= 0.3 is 0 Å². The average molecular weight is 258 g/mol. The van der Waals surface area contributed by atoms with Crippen molar-refractivity contribution < 1.29 is 8.42 Å². The Bertz CT molecular complexity index is 447. The molecule has 0 saturated carbocycles. The molecular formula is C10H18N4O2S. The van der Waals surface area contributed by atoms with E-state index in [0.29, 0.717) is 30.9 Å². The van der Waals surface area contributed by atoms with Gasteiger partial charge in [0.15, 0.2) is 0 Å². The number of nitrogens with zero attached hydrogens (tertiary/aromatic N) is 2. The van der Waals surface area contributed by atoms with Crippen LogP contribution in [-0.4, -0.2) is 30.7 Å². The molecule has 6 nitrogen and oxygen atoms in total. The molecule has 0 aliphatic rings. The molecule has 0 saturated heterocycles. The minimum Gasteiger partial charge on any atom is -0.330 e. The zero-order valence-corrected chi connectivity index (χ0v) is 10.7. The average Bonchev–Trinajstić information content (AvgIpc) is 2.27. The van der Waals surface area contributed by atoms with Crippen molar-refractivity contribution in [2.45, 2.75) is 26.3 Å². The van der Waals surface area contributed by atoms with Crippen molar-refractivity contribution in [3.8, 4) is 0 Å². The normalized spacial score (nSPS) is 11.6. The van der Waals surface area contributed by atoms with Gasteiger partial charge in [-0.3, -0.25) is 0 Å².